The summed E-state index contributed by atoms with van der Waals surface area (Å²) in [6.45, 7) is 12.1. The number of carbonyl (C=O) groups excluding carboxylic acids is 1. The molecule has 1 aromatic carbocycles. The van der Waals surface area contributed by atoms with Crippen LogP contribution in [0.1, 0.15) is 74.7 Å². The van der Waals surface area contributed by atoms with Crippen LogP contribution in [0.2, 0.25) is 0 Å². The summed E-state index contributed by atoms with van der Waals surface area (Å²) in [5.74, 6) is 0.522. The Morgan fingerprint density at radius 2 is 1.45 bits per heavy atom. The highest BCUT2D eigenvalue weighted by molar-refractivity contribution is 5.94. The van der Waals surface area contributed by atoms with E-state index in [1.165, 1.54) is 17.4 Å². The first-order chi connectivity index (χ1) is 20.5. The van der Waals surface area contributed by atoms with Crippen molar-refractivity contribution in [2.45, 2.75) is 65.3 Å². The summed E-state index contributed by atoms with van der Waals surface area (Å²) in [7, 11) is 0. The lowest BCUT2D eigenvalue weighted by Gasteiger charge is -2.09. The molecule has 0 unspecified atom stereocenters. The summed E-state index contributed by atoms with van der Waals surface area (Å²) >= 11 is 0. The Balaban J connectivity index is 1.34. The number of aromatic amines is 1. The molecule has 3 aromatic rings. The highest BCUT2D eigenvalue weighted by atomic mass is 16.2. The number of aromatic nitrogens is 4. The van der Waals surface area contributed by atoms with Crippen LogP contribution in [0.25, 0.3) is 11.2 Å². The number of nitrogen functional groups attached to an aromatic ring is 1. The van der Waals surface area contributed by atoms with Gasteiger partial charge in [0.05, 0.1) is 6.54 Å². The summed E-state index contributed by atoms with van der Waals surface area (Å²) in [5.41, 5.74) is 8.09. The third-order valence-corrected chi connectivity index (χ3v) is 6.93. The van der Waals surface area contributed by atoms with Crippen LogP contribution < -0.4 is 38.0 Å². The van der Waals surface area contributed by atoms with E-state index < -0.39 is 0 Å². The lowest BCUT2D eigenvalue weighted by atomic mass is 10.1. The summed E-state index contributed by atoms with van der Waals surface area (Å²) in [6, 6.07) is 7.26. The molecule has 0 aliphatic rings. The maximum atomic E-state index is 12.7. The molecule has 42 heavy (non-hydrogen) atoms. The average Bonchev–Trinajstić information content (AvgIpc) is 3.30. The van der Waals surface area contributed by atoms with Crippen LogP contribution in [-0.4, -0.2) is 77.8 Å². The smallest absolute Gasteiger partial charge is 0.328 e. The summed E-state index contributed by atoms with van der Waals surface area (Å²) < 4.78 is 1.53. The molecule has 8 N–H and O–H groups in total. The molecule has 0 radical (unpaired) electrons. The molecule has 1 amide bonds. The molecule has 12 nitrogen and oxygen atoms in total. The number of amides is 1. The minimum absolute atomic E-state index is 0.106. The van der Waals surface area contributed by atoms with Gasteiger partial charge in [0.15, 0.2) is 11.5 Å². The zero-order valence-electron chi connectivity index (χ0n) is 25.4. The number of benzene rings is 1. The van der Waals surface area contributed by atoms with Gasteiger partial charge in [-0.2, -0.15) is 9.97 Å². The number of nitrogens with zero attached hydrogens (tertiary/aromatic N) is 3. The number of unbranched alkanes of at least 4 members (excludes halogenated alkanes) is 2. The number of nitrogens with one attached hydrogen (secondary N) is 6. The van der Waals surface area contributed by atoms with E-state index in [4.69, 9.17) is 5.73 Å². The van der Waals surface area contributed by atoms with Gasteiger partial charge in [-0.25, -0.2) is 4.79 Å². The van der Waals surface area contributed by atoms with Gasteiger partial charge in [-0.15, -0.1) is 0 Å². The van der Waals surface area contributed by atoms with E-state index in [1.807, 2.05) is 12.1 Å². The zero-order chi connectivity index (χ0) is 30.0. The molecule has 232 valence electrons. The first-order valence-corrected chi connectivity index (χ1v) is 15.5. The number of rotatable bonds is 22. The maximum absolute atomic E-state index is 12.7. The van der Waals surface area contributed by atoms with Crippen molar-refractivity contribution >= 4 is 28.8 Å². The summed E-state index contributed by atoms with van der Waals surface area (Å²) in [4.78, 5) is 36.8. The van der Waals surface area contributed by atoms with Gasteiger partial charge in [0, 0.05) is 18.7 Å². The standard InChI is InChI=1S/C30H50N10O2/c1-3-5-20-36-29-38-26(31)25-27(39-29)40(30(42)37-25)22-23-10-12-24(13-11-23)28(41)35-21-9-19-34-16-7-6-15-33-18-8-17-32-14-4-2/h10-13,32-34H,3-9,14-22H2,1-2H3,(H,35,41)(H,37,42)(H3,31,36,38,39). The third kappa shape index (κ3) is 11.1. The molecule has 0 saturated carbocycles. The second-order valence-electron chi connectivity index (χ2n) is 10.5. The Hall–Kier alpha value is -3.48. The van der Waals surface area contributed by atoms with E-state index in [-0.39, 0.29) is 17.4 Å². The van der Waals surface area contributed by atoms with Crippen LogP contribution in [0.15, 0.2) is 29.1 Å². The van der Waals surface area contributed by atoms with E-state index in [1.54, 1.807) is 12.1 Å². The van der Waals surface area contributed by atoms with Gasteiger partial charge < -0.3 is 37.3 Å². The molecule has 0 bridgehead atoms. The van der Waals surface area contributed by atoms with Gasteiger partial charge in [0.1, 0.15) is 5.52 Å². The van der Waals surface area contributed by atoms with E-state index in [9.17, 15) is 9.59 Å². The van der Waals surface area contributed by atoms with Gasteiger partial charge in [-0.05, 0) is 95.5 Å². The van der Waals surface area contributed by atoms with Crippen molar-refractivity contribution in [1.29, 1.82) is 0 Å². The van der Waals surface area contributed by atoms with Crippen LogP contribution in [0.4, 0.5) is 11.8 Å². The second-order valence-corrected chi connectivity index (χ2v) is 10.5. The monoisotopic (exact) mass is 582 g/mol. The van der Waals surface area contributed by atoms with Gasteiger partial charge in [0.25, 0.3) is 5.91 Å². The number of imidazole rings is 1. The molecular weight excluding hydrogens is 532 g/mol. The molecule has 12 heteroatoms. The number of nitrogens with two attached hydrogens (primary N) is 1. The van der Waals surface area contributed by atoms with Gasteiger partial charge in [0.2, 0.25) is 5.95 Å². The van der Waals surface area contributed by atoms with Crippen molar-refractivity contribution in [2.24, 2.45) is 0 Å². The normalized spacial score (nSPS) is 11.3. The first-order valence-electron chi connectivity index (χ1n) is 15.5. The summed E-state index contributed by atoms with van der Waals surface area (Å²) in [5, 5.41) is 16.5. The Kier molecular flexibility index (Phi) is 14.8. The topological polar surface area (TPSA) is 167 Å². The number of hydrogen-bond donors (Lipinski definition) is 7. The molecule has 3 rings (SSSR count). The predicted molar refractivity (Wildman–Crippen MR) is 171 cm³/mol. The van der Waals surface area contributed by atoms with Crippen LogP contribution in [0, 0.1) is 0 Å². The third-order valence-electron chi connectivity index (χ3n) is 6.93. The number of carbonyl (C=O) groups is 1. The van der Waals surface area contributed by atoms with E-state index in [2.05, 4.69) is 55.4 Å². The predicted octanol–water partition coefficient (Wildman–Crippen LogP) is 2.43. The van der Waals surface area contributed by atoms with Crippen molar-refractivity contribution in [3.63, 3.8) is 0 Å². The molecular formula is C30H50N10O2. The molecule has 0 fully saturated rings. The molecule has 0 aliphatic carbocycles. The molecule has 0 saturated heterocycles. The SMILES string of the molecule is CCCCNc1nc(N)c2[nH]c(=O)n(Cc3ccc(C(=O)NCCCNCCCCNCCCNCCC)cc3)c2n1. The Labute approximate surface area is 249 Å². The first kappa shape index (κ1) is 33.0. The largest absolute Gasteiger partial charge is 0.382 e. The van der Waals surface area contributed by atoms with Crippen LogP contribution in [0.5, 0.6) is 0 Å². The highest BCUT2D eigenvalue weighted by Gasteiger charge is 2.14. The lowest BCUT2D eigenvalue weighted by molar-refractivity contribution is 0.0953. The van der Waals surface area contributed by atoms with Gasteiger partial charge in [-0.1, -0.05) is 32.4 Å². The van der Waals surface area contributed by atoms with Crippen molar-refractivity contribution in [3.8, 4) is 0 Å². The Morgan fingerprint density at radius 3 is 2.12 bits per heavy atom. The molecule has 0 aliphatic heterocycles. The molecule has 0 spiro atoms. The number of anilines is 2. The molecule has 2 aromatic heterocycles. The quantitative estimate of drug-likeness (QED) is 0.0881. The van der Waals surface area contributed by atoms with Gasteiger partial charge >= 0.3 is 5.69 Å². The van der Waals surface area contributed by atoms with Crippen molar-refractivity contribution < 1.29 is 4.79 Å². The number of hydrogen-bond acceptors (Lipinski definition) is 9. The van der Waals surface area contributed by atoms with Crippen LogP contribution >= 0.6 is 0 Å². The number of fused-ring (bicyclic) bond motifs is 1. The van der Waals surface area contributed by atoms with Crippen molar-refractivity contribution in [3.05, 3.63) is 45.9 Å². The van der Waals surface area contributed by atoms with Crippen LogP contribution in [-0.2, 0) is 6.54 Å². The van der Waals surface area contributed by atoms with E-state index in [0.717, 1.165) is 83.5 Å². The fourth-order valence-electron chi connectivity index (χ4n) is 4.51. The Morgan fingerprint density at radius 1 is 0.810 bits per heavy atom. The van der Waals surface area contributed by atoms with Crippen molar-refractivity contribution in [1.82, 2.24) is 40.8 Å². The lowest BCUT2D eigenvalue weighted by Crippen LogP contribution is -2.28. The van der Waals surface area contributed by atoms with E-state index in [0.29, 0.717) is 35.8 Å². The summed E-state index contributed by atoms with van der Waals surface area (Å²) in [6.07, 6.45) is 7.56. The maximum Gasteiger partial charge on any atom is 0.328 e. The van der Waals surface area contributed by atoms with Crippen LogP contribution in [0.3, 0.4) is 0 Å². The fourth-order valence-corrected chi connectivity index (χ4v) is 4.51. The molecule has 2 heterocycles. The highest BCUT2D eigenvalue weighted by Crippen LogP contribution is 2.17. The number of H-pyrrole nitrogens is 1. The fraction of sp³-hybridized carbons (Fsp3) is 0.600. The second kappa shape index (κ2) is 18.9. The zero-order valence-corrected chi connectivity index (χ0v) is 25.4. The van der Waals surface area contributed by atoms with Crippen molar-refractivity contribution in [2.75, 3.05) is 63.4 Å². The Bertz CT molecular complexity index is 1260. The van der Waals surface area contributed by atoms with Gasteiger partial charge in [-0.3, -0.25) is 9.36 Å². The minimum Gasteiger partial charge on any atom is -0.382 e. The minimum atomic E-state index is -0.310. The average molecular weight is 583 g/mol. The molecule has 0 atom stereocenters. The van der Waals surface area contributed by atoms with E-state index >= 15 is 0 Å².